The van der Waals surface area contributed by atoms with Crippen molar-refractivity contribution in [1.82, 2.24) is 19.9 Å². The van der Waals surface area contributed by atoms with E-state index in [1.165, 1.54) is 13.2 Å². The van der Waals surface area contributed by atoms with Crippen LogP contribution in [0.5, 0.6) is 11.5 Å². The van der Waals surface area contributed by atoms with E-state index >= 15 is 0 Å². The number of halogens is 1. The molecule has 13 heteroatoms. The highest BCUT2D eigenvalue weighted by Crippen LogP contribution is 2.37. The quantitative estimate of drug-likeness (QED) is 0.291. The number of H-pyrrole nitrogens is 2. The summed E-state index contributed by atoms with van der Waals surface area (Å²) < 4.78 is 30.0. The van der Waals surface area contributed by atoms with Crippen LogP contribution in [0.2, 0.25) is 0 Å². The fourth-order valence-corrected chi connectivity index (χ4v) is 5.04. The molecule has 6 rings (SSSR count). The largest absolute Gasteiger partial charge is 0.490 e. The van der Waals surface area contributed by atoms with Gasteiger partial charge in [0, 0.05) is 31.0 Å². The first-order valence-electron chi connectivity index (χ1n) is 14.0. The van der Waals surface area contributed by atoms with Crippen LogP contribution in [0.1, 0.15) is 23.9 Å². The van der Waals surface area contributed by atoms with E-state index in [1.54, 1.807) is 23.8 Å². The van der Waals surface area contributed by atoms with Crippen LogP contribution in [0.15, 0.2) is 55.4 Å². The van der Waals surface area contributed by atoms with E-state index < -0.39 is 5.82 Å². The van der Waals surface area contributed by atoms with Crippen molar-refractivity contribution in [2.45, 2.75) is 26.4 Å². The lowest BCUT2D eigenvalue weighted by molar-refractivity contribution is -0.107. The third-order valence-electron chi connectivity index (χ3n) is 7.11. The molecule has 2 aliphatic heterocycles. The van der Waals surface area contributed by atoms with Gasteiger partial charge in [-0.15, -0.1) is 0 Å². The van der Waals surface area contributed by atoms with E-state index in [-0.39, 0.29) is 18.3 Å². The molecule has 2 aromatic heterocycles. The molecule has 226 valence electrons. The number of anilines is 3. The number of carbonyl (C=O) groups is 2. The molecule has 0 radical (unpaired) electrons. The normalized spacial score (nSPS) is 13.5. The van der Waals surface area contributed by atoms with Gasteiger partial charge in [0.05, 0.1) is 68.7 Å². The molecule has 2 aromatic carbocycles. The van der Waals surface area contributed by atoms with Crippen LogP contribution in [0.3, 0.4) is 0 Å². The number of benzene rings is 2. The van der Waals surface area contributed by atoms with Gasteiger partial charge >= 0.3 is 6.09 Å². The molecule has 4 heterocycles. The fourth-order valence-electron chi connectivity index (χ4n) is 5.04. The van der Waals surface area contributed by atoms with Crippen molar-refractivity contribution in [2.75, 3.05) is 54.7 Å². The van der Waals surface area contributed by atoms with Gasteiger partial charge in [-0.3, -0.25) is 4.90 Å². The first-order chi connectivity index (χ1) is 21.0. The van der Waals surface area contributed by atoms with Crippen LogP contribution in [0.4, 0.5) is 26.2 Å². The smallest absolute Gasteiger partial charge is 0.413 e. The van der Waals surface area contributed by atoms with E-state index in [4.69, 9.17) is 14.2 Å². The zero-order chi connectivity index (χ0) is 30.2. The summed E-state index contributed by atoms with van der Waals surface area (Å²) in [5.74, 6) is 0.652. The second-order valence-corrected chi connectivity index (χ2v) is 9.86. The lowest BCUT2D eigenvalue weighted by Gasteiger charge is -2.32. The lowest BCUT2D eigenvalue weighted by atomic mass is 10.1. The van der Waals surface area contributed by atoms with Crippen molar-refractivity contribution >= 4 is 29.4 Å². The van der Waals surface area contributed by atoms with E-state index in [9.17, 15) is 14.0 Å². The van der Waals surface area contributed by atoms with Crippen LogP contribution >= 0.6 is 0 Å². The van der Waals surface area contributed by atoms with Gasteiger partial charge in [0.2, 0.25) is 0 Å². The Morgan fingerprint density at radius 3 is 2.30 bits per heavy atom. The van der Waals surface area contributed by atoms with Gasteiger partial charge in [0.25, 0.3) is 0 Å². The molecular weight excluding hydrogens is 557 g/mol. The van der Waals surface area contributed by atoms with Crippen molar-refractivity contribution in [2.24, 2.45) is 0 Å². The summed E-state index contributed by atoms with van der Waals surface area (Å²) in [6.45, 7) is 6.27. The Kier molecular flexibility index (Phi) is 9.39. The van der Waals surface area contributed by atoms with Gasteiger partial charge in [-0.25, -0.2) is 19.2 Å². The Morgan fingerprint density at radius 1 is 1.02 bits per heavy atom. The minimum atomic E-state index is -0.423. The van der Waals surface area contributed by atoms with Gasteiger partial charge in [-0.2, -0.15) is 0 Å². The summed E-state index contributed by atoms with van der Waals surface area (Å²) in [5, 5.41) is 0. The number of amides is 1. The molecule has 0 fully saturated rings. The zero-order valence-electron chi connectivity index (χ0n) is 24.1. The van der Waals surface area contributed by atoms with Gasteiger partial charge < -0.3 is 38.8 Å². The van der Waals surface area contributed by atoms with Gasteiger partial charge in [0.15, 0.2) is 11.6 Å². The number of rotatable bonds is 8. The molecule has 0 saturated carbocycles. The first kappa shape index (κ1) is 29.4. The lowest BCUT2D eigenvalue weighted by Crippen LogP contribution is -2.34. The average Bonchev–Trinajstić information content (AvgIpc) is 3.73. The number of hydrogen-bond donors (Lipinski definition) is 2. The molecule has 0 saturated heterocycles. The molecule has 2 N–H and O–H groups in total. The number of fused-ring (bicyclic) bond motifs is 2. The molecule has 0 spiro atoms. The third-order valence-corrected chi connectivity index (χ3v) is 7.11. The second-order valence-electron chi connectivity index (χ2n) is 9.86. The molecular formula is C30H34FN7O5. The van der Waals surface area contributed by atoms with Crippen molar-refractivity contribution in [3.05, 3.63) is 78.1 Å². The van der Waals surface area contributed by atoms with Crippen LogP contribution in [0.25, 0.3) is 0 Å². The van der Waals surface area contributed by atoms with E-state index in [1.807, 2.05) is 42.3 Å². The summed E-state index contributed by atoms with van der Waals surface area (Å²) in [6, 6.07) is 8.90. The standard InChI is InChI=1S/C16H20N4O3.C14H14FN3O2/c1-3-20(16(21)22-2)13-4-5-15-14(8-13)19(6-7-23-15)10-12-9-17-11-18-12;15-12-5-10(1-3-19)6-13-14(12)20-4-2-18(13)8-11-7-16-9-17-11/h4-5,8-9,11H,3,6-7,10H2,1-2H3,(H,17,18);3,5-7,9H,1-2,4,8H2,(H,16,17). The average molecular weight is 592 g/mol. The number of aldehydes is 1. The topological polar surface area (TPSA) is 129 Å². The Hall–Kier alpha value is -5.07. The predicted octanol–water partition coefficient (Wildman–Crippen LogP) is 4.09. The number of nitrogens with one attached hydrogen (secondary N) is 2. The molecule has 43 heavy (non-hydrogen) atoms. The van der Waals surface area contributed by atoms with Crippen LogP contribution in [-0.2, 0) is 29.0 Å². The number of nitrogens with zero attached hydrogens (tertiary/aromatic N) is 5. The number of imidazole rings is 2. The number of methoxy groups -OCH3 is 1. The Balaban J connectivity index is 0.000000173. The highest BCUT2D eigenvalue weighted by Gasteiger charge is 2.24. The zero-order valence-corrected chi connectivity index (χ0v) is 24.1. The summed E-state index contributed by atoms with van der Waals surface area (Å²) >= 11 is 0. The van der Waals surface area contributed by atoms with Crippen molar-refractivity contribution in [1.29, 1.82) is 0 Å². The molecule has 1 amide bonds. The second kappa shape index (κ2) is 13.7. The SMILES string of the molecule is CCN(C(=O)OC)c1ccc2c(c1)N(Cc1cnc[nH]1)CCO2.O=CCc1cc(F)c2c(c1)N(Cc1cnc[nH]1)CCO2. The maximum atomic E-state index is 14.0. The predicted molar refractivity (Wildman–Crippen MR) is 158 cm³/mol. The van der Waals surface area contributed by atoms with Gasteiger partial charge in [-0.1, -0.05) is 0 Å². The van der Waals surface area contributed by atoms with Crippen molar-refractivity contribution in [3.8, 4) is 11.5 Å². The maximum Gasteiger partial charge on any atom is 0.413 e. The molecule has 12 nitrogen and oxygen atoms in total. The van der Waals surface area contributed by atoms with E-state index in [0.29, 0.717) is 50.6 Å². The summed E-state index contributed by atoms with van der Waals surface area (Å²) in [7, 11) is 1.39. The highest BCUT2D eigenvalue weighted by molar-refractivity contribution is 5.88. The summed E-state index contributed by atoms with van der Waals surface area (Å²) in [4.78, 5) is 42.5. The van der Waals surface area contributed by atoms with Gasteiger partial charge in [-0.05, 0) is 42.8 Å². The summed E-state index contributed by atoms with van der Waals surface area (Å²) in [5.41, 5.74) is 5.06. The Morgan fingerprint density at radius 2 is 1.70 bits per heavy atom. The number of hydrogen-bond acceptors (Lipinski definition) is 9. The first-order valence-corrected chi connectivity index (χ1v) is 14.0. The van der Waals surface area contributed by atoms with E-state index in [0.717, 1.165) is 41.3 Å². The molecule has 0 unspecified atom stereocenters. The van der Waals surface area contributed by atoms with Crippen LogP contribution in [0, 0.1) is 5.82 Å². The summed E-state index contributed by atoms with van der Waals surface area (Å²) in [6.07, 6.45) is 7.42. The minimum absolute atomic E-state index is 0.197. The number of carbonyl (C=O) groups excluding carboxylic acids is 2. The Labute approximate surface area is 248 Å². The number of aromatic amines is 2. The minimum Gasteiger partial charge on any atom is -0.490 e. The third kappa shape index (κ3) is 6.88. The van der Waals surface area contributed by atoms with Crippen LogP contribution < -0.4 is 24.2 Å². The van der Waals surface area contributed by atoms with Crippen molar-refractivity contribution < 1.29 is 28.2 Å². The van der Waals surface area contributed by atoms with Crippen molar-refractivity contribution in [3.63, 3.8) is 0 Å². The maximum absolute atomic E-state index is 14.0. The number of ether oxygens (including phenoxy) is 3. The monoisotopic (exact) mass is 591 g/mol. The number of aromatic nitrogens is 4. The molecule has 2 aliphatic rings. The van der Waals surface area contributed by atoms with Crippen LogP contribution in [-0.4, -0.2) is 72.3 Å². The Bertz CT molecular complexity index is 1510. The van der Waals surface area contributed by atoms with Gasteiger partial charge in [0.1, 0.15) is 25.2 Å². The molecule has 0 bridgehead atoms. The van der Waals surface area contributed by atoms with E-state index in [2.05, 4.69) is 24.8 Å². The fraction of sp³-hybridized carbons (Fsp3) is 0.333. The highest BCUT2D eigenvalue weighted by atomic mass is 19.1. The molecule has 4 aromatic rings. The molecule has 0 aliphatic carbocycles. The molecule has 0 atom stereocenters.